The first-order valence-corrected chi connectivity index (χ1v) is 11.8. The van der Waals surface area contributed by atoms with Crippen LogP contribution in [0, 0.1) is 0 Å². The Labute approximate surface area is 186 Å². The summed E-state index contributed by atoms with van der Waals surface area (Å²) in [6.45, 7) is 2.32. The number of nitrogens with zero attached hydrogens (tertiary/aromatic N) is 2. The molecule has 32 heavy (non-hydrogen) atoms. The number of aryl methyl sites for hydroxylation is 1. The number of amides is 1. The van der Waals surface area contributed by atoms with Crippen LogP contribution in [0.25, 0.3) is 0 Å². The Bertz CT molecular complexity index is 1190. The van der Waals surface area contributed by atoms with Gasteiger partial charge in [-0.1, -0.05) is 48.6 Å². The summed E-state index contributed by atoms with van der Waals surface area (Å²) in [6, 6.07) is 13.1. The summed E-state index contributed by atoms with van der Waals surface area (Å²) in [6.07, 6.45) is -3.49. The Hall–Kier alpha value is -2.99. The van der Waals surface area contributed by atoms with Crippen LogP contribution in [0.1, 0.15) is 33.4 Å². The Morgan fingerprint density at radius 3 is 2.38 bits per heavy atom. The van der Waals surface area contributed by atoms with Gasteiger partial charge >= 0.3 is 6.18 Å². The van der Waals surface area contributed by atoms with Gasteiger partial charge in [0.1, 0.15) is 0 Å². The smallest absolute Gasteiger partial charge is 0.352 e. The Morgan fingerprint density at radius 1 is 1.06 bits per heavy atom. The lowest BCUT2D eigenvalue weighted by molar-refractivity contribution is -0.138. The third kappa shape index (κ3) is 5.82. The van der Waals surface area contributed by atoms with Crippen LogP contribution in [0.3, 0.4) is 0 Å². The second kappa shape index (κ2) is 9.65. The van der Waals surface area contributed by atoms with E-state index in [1.807, 2.05) is 23.8 Å². The van der Waals surface area contributed by atoms with Crippen LogP contribution in [-0.2, 0) is 29.0 Å². The van der Waals surface area contributed by atoms with E-state index in [2.05, 4.69) is 15.5 Å². The molecule has 3 rings (SSSR count). The van der Waals surface area contributed by atoms with E-state index >= 15 is 0 Å². The molecule has 3 aromatic rings. The molecule has 7 nitrogen and oxygen atoms in total. The molecular formula is C20H19F3N4O3S2. The maximum atomic E-state index is 12.6. The van der Waals surface area contributed by atoms with Crippen molar-refractivity contribution in [1.29, 1.82) is 0 Å². The molecule has 0 radical (unpaired) electrons. The number of hydrogen-bond acceptors (Lipinski definition) is 6. The van der Waals surface area contributed by atoms with Gasteiger partial charge in [0.2, 0.25) is 10.1 Å². The largest absolute Gasteiger partial charge is 0.445 e. The first kappa shape index (κ1) is 23.7. The van der Waals surface area contributed by atoms with Gasteiger partial charge in [-0.05, 0) is 42.2 Å². The van der Waals surface area contributed by atoms with Gasteiger partial charge in [-0.2, -0.15) is 13.2 Å². The fourth-order valence-electron chi connectivity index (χ4n) is 2.85. The number of nitrogens with one attached hydrogen (secondary N) is 2. The molecule has 0 spiro atoms. The van der Waals surface area contributed by atoms with E-state index in [0.29, 0.717) is 18.5 Å². The summed E-state index contributed by atoms with van der Waals surface area (Å²) in [5.74, 6) is -0.180. The molecule has 170 valence electrons. The minimum absolute atomic E-state index is 0.101. The van der Waals surface area contributed by atoms with Crippen molar-refractivity contribution in [3.8, 4) is 0 Å². The highest BCUT2D eigenvalue weighted by Gasteiger charge is 2.36. The van der Waals surface area contributed by atoms with Crippen LogP contribution >= 0.6 is 11.3 Å². The zero-order valence-electron chi connectivity index (χ0n) is 16.8. The Morgan fingerprint density at radius 2 is 1.75 bits per heavy atom. The first-order valence-electron chi connectivity index (χ1n) is 9.48. The van der Waals surface area contributed by atoms with Crippen molar-refractivity contribution < 1.29 is 26.4 Å². The summed E-state index contributed by atoms with van der Waals surface area (Å²) in [4.78, 5) is 12.2. The van der Waals surface area contributed by atoms with Crippen LogP contribution in [0.5, 0.6) is 0 Å². The lowest BCUT2D eigenvalue weighted by Gasteiger charge is -2.09. The number of hydrogen-bond donors (Lipinski definition) is 2. The van der Waals surface area contributed by atoms with Crippen LogP contribution in [0.15, 0.2) is 53.4 Å². The van der Waals surface area contributed by atoms with Crippen LogP contribution in [0.4, 0.5) is 18.3 Å². The van der Waals surface area contributed by atoms with Gasteiger partial charge in [0.05, 0.1) is 4.90 Å². The van der Waals surface area contributed by atoms with Gasteiger partial charge in [0.25, 0.3) is 15.9 Å². The average Bonchev–Trinajstić information content (AvgIpc) is 3.22. The van der Waals surface area contributed by atoms with E-state index in [1.54, 1.807) is 24.3 Å². The van der Waals surface area contributed by atoms with Crippen molar-refractivity contribution in [1.82, 2.24) is 15.5 Å². The van der Waals surface area contributed by atoms with Crippen LogP contribution < -0.4 is 10.0 Å². The summed E-state index contributed by atoms with van der Waals surface area (Å²) in [7, 11) is -4.12. The van der Waals surface area contributed by atoms with Crippen molar-refractivity contribution in [3.05, 3.63) is 70.2 Å². The van der Waals surface area contributed by atoms with E-state index < -0.39 is 26.3 Å². The molecule has 2 N–H and O–H groups in total. The molecule has 0 atom stereocenters. The van der Waals surface area contributed by atoms with Crippen molar-refractivity contribution in [2.75, 3.05) is 11.3 Å². The van der Waals surface area contributed by atoms with E-state index in [-0.39, 0.29) is 22.1 Å². The zero-order chi connectivity index (χ0) is 23.4. The molecule has 0 saturated carbocycles. The standard InChI is InChI=1S/C20H19F3N4O3S2/c1-2-14-5-3-4-6-16(14)17(28)24-12-11-13-7-9-15(10-8-13)32(29,30)27-19-26-25-18(31-19)20(21,22)23/h3-10H,2,11-12H2,1H3,(H,24,28)(H,26,27). The van der Waals surface area contributed by atoms with Crippen LogP contribution in [0.2, 0.25) is 0 Å². The molecule has 0 fully saturated rings. The number of halogens is 3. The van der Waals surface area contributed by atoms with Gasteiger partial charge < -0.3 is 5.32 Å². The highest BCUT2D eigenvalue weighted by atomic mass is 32.2. The third-order valence-electron chi connectivity index (χ3n) is 4.46. The number of aromatic nitrogens is 2. The second-order valence-electron chi connectivity index (χ2n) is 6.68. The fraction of sp³-hybridized carbons (Fsp3) is 0.250. The van der Waals surface area contributed by atoms with Crippen molar-refractivity contribution in [2.24, 2.45) is 0 Å². The predicted octanol–water partition coefficient (Wildman–Crippen LogP) is 3.89. The number of carbonyl (C=O) groups is 1. The lowest BCUT2D eigenvalue weighted by atomic mass is 10.0. The van der Waals surface area contributed by atoms with Crippen molar-refractivity contribution in [2.45, 2.75) is 30.8 Å². The van der Waals surface area contributed by atoms with Gasteiger partial charge in [-0.3, -0.25) is 9.52 Å². The minimum atomic E-state index is -4.70. The highest BCUT2D eigenvalue weighted by Crippen LogP contribution is 2.33. The maximum Gasteiger partial charge on any atom is 0.445 e. The van der Waals surface area contributed by atoms with E-state index in [1.165, 1.54) is 12.1 Å². The number of benzene rings is 2. The van der Waals surface area contributed by atoms with Gasteiger partial charge in [-0.15, -0.1) is 10.2 Å². The molecular weight excluding hydrogens is 465 g/mol. The predicted molar refractivity (Wildman–Crippen MR) is 114 cm³/mol. The van der Waals surface area contributed by atoms with Crippen molar-refractivity contribution in [3.63, 3.8) is 0 Å². The fourth-order valence-corrected chi connectivity index (χ4v) is 4.69. The molecule has 0 aliphatic carbocycles. The number of carbonyl (C=O) groups excluding carboxylic acids is 1. The summed E-state index contributed by atoms with van der Waals surface area (Å²) >= 11 is 0.101. The molecule has 0 unspecified atom stereocenters. The molecule has 2 aromatic carbocycles. The van der Waals surface area contributed by atoms with E-state index in [9.17, 15) is 26.4 Å². The lowest BCUT2D eigenvalue weighted by Crippen LogP contribution is -2.26. The minimum Gasteiger partial charge on any atom is -0.352 e. The molecule has 1 aromatic heterocycles. The SMILES string of the molecule is CCc1ccccc1C(=O)NCCc1ccc(S(=O)(=O)Nc2nnc(C(F)(F)F)s2)cc1. The van der Waals surface area contributed by atoms with E-state index in [4.69, 9.17) is 0 Å². The number of alkyl halides is 3. The Kier molecular flexibility index (Phi) is 7.14. The molecule has 12 heteroatoms. The second-order valence-corrected chi connectivity index (χ2v) is 9.34. The maximum absolute atomic E-state index is 12.6. The average molecular weight is 485 g/mol. The van der Waals surface area contributed by atoms with Gasteiger partial charge in [0, 0.05) is 12.1 Å². The first-order chi connectivity index (χ1) is 15.1. The molecule has 0 bridgehead atoms. The molecule has 0 saturated heterocycles. The summed E-state index contributed by atoms with van der Waals surface area (Å²) in [5.41, 5.74) is 2.35. The molecule has 0 aliphatic rings. The number of anilines is 1. The van der Waals surface area contributed by atoms with Gasteiger partial charge in [-0.25, -0.2) is 8.42 Å². The summed E-state index contributed by atoms with van der Waals surface area (Å²) < 4.78 is 64.5. The molecule has 0 aliphatic heterocycles. The van der Waals surface area contributed by atoms with Gasteiger partial charge in [0.15, 0.2) is 0 Å². The number of rotatable bonds is 8. The molecule has 1 heterocycles. The van der Waals surface area contributed by atoms with Crippen molar-refractivity contribution >= 4 is 32.4 Å². The monoisotopic (exact) mass is 484 g/mol. The topological polar surface area (TPSA) is 101 Å². The normalized spacial score (nSPS) is 11.9. The van der Waals surface area contributed by atoms with Crippen LogP contribution in [-0.4, -0.2) is 31.1 Å². The Balaban J connectivity index is 1.58. The summed E-state index contributed by atoms with van der Waals surface area (Å²) in [5, 5.41) is 7.29. The molecule has 1 amide bonds. The number of sulfonamides is 1. The highest BCUT2D eigenvalue weighted by molar-refractivity contribution is 7.93. The van der Waals surface area contributed by atoms with E-state index in [0.717, 1.165) is 17.5 Å². The third-order valence-corrected chi connectivity index (χ3v) is 6.83. The zero-order valence-corrected chi connectivity index (χ0v) is 18.4. The quantitative estimate of drug-likeness (QED) is 0.505.